The molecular weight excluding hydrogens is 247 g/mol. The quantitative estimate of drug-likeness (QED) is 0.757. The van der Waals surface area contributed by atoms with E-state index in [1.54, 1.807) is 12.1 Å². The second kappa shape index (κ2) is 6.31. The molecule has 1 aromatic carbocycles. The first kappa shape index (κ1) is 13.5. The summed E-state index contributed by atoms with van der Waals surface area (Å²) in [6.07, 6.45) is 2.52. The summed E-state index contributed by atoms with van der Waals surface area (Å²) in [5, 5.41) is 5.43. The third kappa shape index (κ3) is 5.07. The van der Waals surface area contributed by atoms with Crippen LogP contribution >= 0.6 is 0 Å². The number of carbonyl (C=O) groups excluding carboxylic acids is 2. The molecule has 0 unspecified atom stereocenters. The molecule has 4 nitrogen and oxygen atoms in total. The molecule has 0 aliphatic heterocycles. The van der Waals surface area contributed by atoms with E-state index in [9.17, 15) is 14.0 Å². The molecule has 0 radical (unpaired) electrons. The van der Waals surface area contributed by atoms with Crippen LogP contribution in [-0.4, -0.2) is 24.4 Å². The van der Waals surface area contributed by atoms with Gasteiger partial charge in [-0.15, -0.1) is 0 Å². The van der Waals surface area contributed by atoms with E-state index in [4.69, 9.17) is 0 Å². The van der Waals surface area contributed by atoms with Crippen LogP contribution in [0.4, 0.5) is 4.39 Å². The smallest absolute Gasteiger partial charge is 0.229 e. The Balaban J connectivity index is 1.62. The lowest BCUT2D eigenvalue weighted by Gasteiger charge is -2.06. The topological polar surface area (TPSA) is 58.2 Å². The van der Waals surface area contributed by atoms with Crippen LogP contribution in [0.25, 0.3) is 0 Å². The molecule has 5 heteroatoms. The fourth-order valence-electron chi connectivity index (χ4n) is 1.71. The molecule has 0 aromatic heterocycles. The highest BCUT2D eigenvalue weighted by atomic mass is 19.1. The van der Waals surface area contributed by atoms with Crippen molar-refractivity contribution in [2.45, 2.75) is 31.7 Å². The van der Waals surface area contributed by atoms with Gasteiger partial charge in [-0.1, -0.05) is 12.1 Å². The van der Waals surface area contributed by atoms with E-state index in [2.05, 4.69) is 10.6 Å². The molecule has 1 aromatic rings. The van der Waals surface area contributed by atoms with Gasteiger partial charge >= 0.3 is 0 Å². The van der Waals surface area contributed by atoms with Crippen molar-refractivity contribution in [3.05, 3.63) is 35.6 Å². The maximum Gasteiger partial charge on any atom is 0.229 e. The van der Waals surface area contributed by atoms with Crippen LogP contribution in [0.5, 0.6) is 0 Å². The Labute approximate surface area is 111 Å². The summed E-state index contributed by atoms with van der Waals surface area (Å²) in [6.45, 7) is 0.446. The number of amides is 2. The van der Waals surface area contributed by atoms with Crippen molar-refractivity contribution >= 4 is 11.8 Å². The Kier molecular flexibility index (Phi) is 4.49. The summed E-state index contributed by atoms with van der Waals surface area (Å²) >= 11 is 0. The first-order valence-electron chi connectivity index (χ1n) is 6.44. The molecule has 2 amide bonds. The predicted octanol–water partition coefficient (Wildman–Crippen LogP) is 1.15. The van der Waals surface area contributed by atoms with E-state index in [1.165, 1.54) is 12.1 Å². The number of halogens is 1. The molecule has 0 saturated heterocycles. The second-order valence-corrected chi connectivity index (χ2v) is 4.74. The van der Waals surface area contributed by atoms with Crippen LogP contribution in [0.1, 0.15) is 24.8 Å². The van der Waals surface area contributed by atoms with Crippen LogP contribution in [0.15, 0.2) is 24.3 Å². The monoisotopic (exact) mass is 264 g/mol. The van der Waals surface area contributed by atoms with Gasteiger partial charge in [-0.2, -0.15) is 0 Å². The molecule has 0 bridgehead atoms. The molecule has 2 rings (SSSR count). The van der Waals surface area contributed by atoms with E-state index in [0.717, 1.165) is 18.4 Å². The molecule has 19 heavy (non-hydrogen) atoms. The minimum Gasteiger partial charge on any atom is -0.355 e. The van der Waals surface area contributed by atoms with Crippen LogP contribution in [0.2, 0.25) is 0 Å². The Morgan fingerprint density at radius 2 is 1.84 bits per heavy atom. The summed E-state index contributed by atoms with van der Waals surface area (Å²) in [6, 6.07) is 6.42. The van der Waals surface area contributed by atoms with Gasteiger partial charge in [-0.25, -0.2) is 4.39 Å². The molecule has 1 saturated carbocycles. The van der Waals surface area contributed by atoms with Crippen LogP contribution < -0.4 is 10.6 Å². The van der Waals surface area contributed by atoms with Gasteiger partial charge in [0.15, 0.2) is 0 Å². The number of rotatable bonds is 6. The number of nitrogens with one attached hydrogen (secondary N) is 2. The highest BCUT2D eigenvalue weighted by Crippen LogP contribution is 2.18. The van der Waals surface area contributed by atoms with Crippen molar-refractivity contribution in [3.63, 3.8) is 0 Å². The zero-order valence-corrected chi connectivity index (χ0v) is 10.6. The number of hydrogen-bond donors (Lipinski definition) is 2. The molecule has 0 spiro atoms. The van der Waals surface area contributed by atoms with Gasteiger partial charge in [0.1, 0.15) is 12.2 Å². The average Bonchev–Trinajstić information content (AvgIpc) is 3.15. The maximum absolute atomic E-state index is 12.7. The largest absolute Gasteiger partial charge is 0.355 e. The fourth-order valence-corrected chi connectivity index (χ4v) is 1.71. The lowest BCUT2D eigenvalue weighted by molar-refractivity contribution is -0.129. The predicted molar refractivity (Wildman–Crippen MR) is 68.9 cm³/mol. The Hall–Kier alpha value is -1.91. The van der Waals surface area contributed by atoms with Gasteiger partial charge in [-0.3, -0.25) is 9.59 Å². The summed E-state index contributed by atoms with van der Waals surface area (Å²) in [5.41, 5.74) is 0.948. The molecule has 1 aliphatic carbocycles. The van der Waals surface area contributed by atoms with E-state index in [0.29, 0.717) is 13.0 Å². The van der Waals surface area contributed by atoms with Gasteiger partial charge in [-0.05, 0) is 37.0 Å². The lowest BCUT2D eigenvalue weighted by atomic mass is 10.1. The molecule has 1 fully saturated rings. The van der Waals surface area contributed by atoms with Crippen molar-refractivity contribution in [3.8, 4) is 0 Å². The molecule has 2 N–H and O–H groups in total. The third-order valence-corrected chi connectivity index (χ3v) is 2.91. The minimum absolute atomic E-state index is 0.125. The number of carbonyl (C=O) groups is 2. The Bertz CT molecular complexity index is 455. The highest BCUT2D eigenvalue weighted by Gasteiger charge is 2.23. The highest BCUT2D eigenvalue weighted by molar-refractivity contribution is 5.97. The minimum atomic E-state index is -0.278. The standard InChI is InChI=1S/C14H17FN2O2/c15-11-3-1-10(2-4-11)7-8-16-13(18)9-14(19)17-12-5-6-12/h1-4,12H,5-9H2,(H,16,18)(H,17,19). The van der Waals surface area contributed by atoms with Crippen molar-refractivity contribution in [1.29, 1.82) is 0 Å². The zero-order chi connectivity index (χ0) is 13.7. The summed E-state index contributed by atoms with van der Waals surface area (Å²) < 4.78 is 12.7. The molecule has 0 heterocycles. The lowest BCUT2D eigenvalue weighted by Crippen LogP contribution is -2.33. The maximum atomic E-state index is 12.7. The normalized spacial score (nSPS) is 13.9. The van der Waals surface area contributed by atoms with E-state index < -0.39 is 0 Å². The van der Waals surface area contributed by atoms with Crippen LogP contribution in [0, 0.1) is 5.82 Å². The molecule has 102 valence electrons. The first-order valence-corrected chi connectivity index (χ1v) is 6.44. The van der Waals surface area contributed by atoms with Crippen molar-refractivity contribution in [1.82, 2.24) is 10.6 Å². The summed E-state index contributed by atoms with van der Waals surface area (Å²) in [4.78, 5) is 22.8. The molecule has 1 aliphatic rings. The van der Waals surface area contributed by atoms with E-state index >= 15 is 0 Å². The Morgan fingerprint density at radius 1 is 1.16 bits per heavy atom. The summed E-state index contributed by atoms with van der Waals surface area (Å²) in [5.74, 6) is -0.772. The fraction of sp³-hybridized carbons (Fsp3) is 0.429. The number of hydrogen-bond acceptors (Lipinski definition) is 2. The van der Waals surface area contributed by atoms with Crippen LogP contribution in [0.3, 0.4) is 0 Å². The SMILES string of the molecule is O=C(CC(=O)NC1CC1)NCCc1ccc(F)cc1. The van der Waals surface area contributed by atoms with E-state index in [1.807, 2.05) is 0 Å². The van der Waals surface area contributed by atoms with Crippen molar-refractivity contribution in [2.75, 3.05) is 6.54 Å². The summed E-state index contributed by atoms with van der Waals surface area (Å²) in [7, 11) is 0. The number of benzene rings is 1. The van der Waals surface area contributed by atoms with Crippen molar-refractivity contribution < 1.29 is 14.0 Å². The molecule has 0 atom stereocenters. The van der Waals surface area contributed by atoms with E-state index in [-0.39, 0.29) is 30.1 Å². The van der Waals surface area contributed by atoms with Gasteiger partial charge in [0.2, 0.25) is 11.8 Å². The molecular formula is C14H17FN2O2. The van der Waals surface area contributed by atoms with Crippen molar-refractivity contribution in [2.24, 2.45) is 0 Å². The third-order valence-electron chi connectivity index (χ3n) is 2.91. The van der Waals surface area contributed by atoms with Crippen LogP contribution in [-0.2, 0) is 16.0 Å². The second-order valence-electron chi connectivity index (χ2n) is 4.74. The van der Waals surface area contributed by atoms with Gasteiger partial charge in [0.25, 0.3) is 0 Å². The first-order chi connectivity index (χ1) is 9.13. The average molecular weight is 264 g/mol. The van der Waals surface area contributed by atoms with Gasteiger partial charge in [0.05, 0.1) is 0 Å². The Morgan fingerprint density at radius 3 is 2.47 bits per heavy atom. The van der Waals surface area contributed by atoms with Gasteiger partial charge < -0.3 is 10.6 Å². The zero-order valence-electron chi connectivity index (χ0n) is 10.6. The van der Waals surface area contributed by atoms with Gasteiger partial charge in [0, 0.05) is 12.6 Å².